The van der Waals surface area contributed by atoms with Crippen LogP contribution < -0.4 is 0 Å². The Bertz CT molecular complexity index is 1790. The van der Waals surface area contributed by atoms with Crippen LogP contribution in [0, 0.1) is 11.8 Å². The maximum atomic E-state index is 13.8. The van der Waals surface area contributed by atoms with Gasteiger partial charge >= 0.3 is 11.9 Å². The minimum atomic E-state index is -1.89. The second kappa shape index (κ2) is 22.0. The molecule has 2 saturated heterocycles. The van der Waals surface area contributed by atoms with Crippen molar-refractivity contribution in [2.45, 2.75) is 158 Å². The van der Waals surface area contributed by atoms with E-state index in [1.54, 1.807) is 12.4 Å². The topological polar surface area (TPSA) is 194 Å². The third kappa shape index (κ3) is 12.1. The fourth-order valence-corrected chi connectivity index (χ4v) is 9.81. The highest BCUT2D eigenvalue weighted by molar-refractivity contribution is 6.40. The van der Waals surface area contributed by atoms with Crippen molar-refractivity contribution in [2.75, 3.05) is 26.3 Å². The number of amides is 2. The average Bonchev–Trinajstić information content (AvgIpc) is 3.30. The minimum Gasteiger partial charge on any atom is -0.464 e. The lowest BCUT2D eigenvalue weighted by Gasteiger charge is -2.44. The second-order valence-corrected chi connectivity index (χ2v) is 17.8. The van der Waals surface area contributed by atoms with Gasteiger partial charge < -0.3 is 29.5 Å². The first kappa shape index (κ1) is 46.0. The number of rotatable bonds is 18. The molecule has 14 heteroatoms. The number of unbranched alkanes of at least 4 members (excludes halogenated alkanes) is 3. The first-order valence-electron chi connectivity index (χ1n) is 22.8. The van der Waals surface area contributed by atoms with Crippen LogP contribution in [-0.4, -0.2) is 115 Å². The highest BCUT2D eigenvalue weighted by Crippen LogP contribution is 2.42. The highest BCUT2D eigenvalue weighted by atomic mass is 16.5. The molecule has 2 aliphatic heterocycles. The van der Waals surface area contributed by atoms with Gasteiger partial charge in [0.1, 0.15) is 23.3 Å². The van der Waals surface area contributed by atoms with Crippen molar-refractivity contribution in [2.24, 2.45) is 11.8 Å². The molecule has 2 aliphatic carbocycles. The van der Waals surface area contributed by atoms with Crippen LogP contribution >= 0.6 is 0 Å². The lowest BCUT2D eigenvalue weighted by molar-refractivity contribution is -0.167. The summed E-state index contributed by atoms with van der Waals surface area (Å²) >= 11 is 0. The lowest BCUT2D eigenvalue weighted by atomic mass is 9.68. The standard InChI is InChI=1S/C47H64N4O10/c52-40(46(58)21-6-2-7-22-46)43(55)51-28-20-37(31-39(51)45(57)61-29-9-1-3-13-34-15-11-25-48-32-34)36-18-23-47(59,24-19-36)41(53)42(54)50-27-8-4-17-38(50)44(56)60-30-10-5-14-35-16-12-26-49-33-35/h11-12,15-16,25-26,32-33,36-39,58-59H,1-10,13-14,17-24,27-31H2. The highest BCUT2D eigenvalue weighted by Gasteiger charge is 2.50. The number of pyridine rings is 2. The van der Waals surface area contributed by atoms with Crippen LogP contribution in [-0.2, 0) is 51.1 Å². The first-order valence-corrected chi connectivity index (χ1v) is 22.8. The smallest absolute Gasteiger partial charge is 0.328 e. The molecule has 4 heterocycles. The zero-order chi connectivity index (χ0) is 43.2. The number of carbonyl (C=O) groups excluding carboxylic acids is 6. The van der Waals surface area contributed by atoms with Crippen molar-refractivity contribution < 1.29 is 48.5 Å². The number of piperidine rings is 2. The van der Waals surface area contributed by atoms with E-state index >= 15 is 0 Å². The number of ether oxygens (including phenoxy) is 2. The number of likely N-dealkylation sites (tertiary alicyclic amines) is 2. The summed E-state index contributed by atoms with van der Waals surface area (Å²) in [6.45, 7) is 0.728. The van der Waals surface area contributed by atoms with Crippen molar-refractivity contribution in [3.8, 4) is 0 Å². The summed E-state index contributed by atoms with van der Waals surface area (Å²) in [5.41, 5.74) is -1.39. The molecule has 3 unspecified atom stereocenters. The summed E-state index contributed by atoms with van der Waals surface area (Å²) in [6.07, 6.45) is 18.5. The number of esters is 2. The van der Waals surface area contributed by atoms with Gasteiger partial charge in [-0.05, 0) is 151 Å². The van der Waals surface area contributed by atoms with E-state index in [9.17, 15) is 39.0 Å². The van der Waals surface area contributed by atoms with Crippen LogP contribution in [0.5, 0.6) is 0 Å². The number of ketones is 2. The molecule has 0 spiro atoms. The monoisotopic (exact) mass is 844 g/mol. The van der Waals surface area contributed by atoms with Gasteiger partial charge in [0.2, 0.25) is 0 Å². The summed E-state index contributed by atoms with van der Waals surface area (Å²) in [6, 6.07) is 5.89. The van der Waals surface area contributed by atoms with Gasteiger partial charge in [0.15, 0.2) is 0 Å². The predicted octanol–water partition coefficient (Wildman–Crippen LogP) is 5.04. The van der Waals surface area contributed by atoms with E-state index < -0.39 is 58.6 Å². The third-order valence-electron chi connectivity index (χ3n) is 13.6. The van der Waals surface area contributed by atoms with Crippen LogP contribution in [0.3, 0.4) is 0 Å². The SMILES string of the molecule is O=C(OCCCCc1cccnc1)C1CCCCN1C(=O)C(=O)C1(O)CCC(C2CCN(C(=O)C(=O)C3(O)CCCCC3)C(C(=O)OCCCCCc3cccnc3)C2)CC1. The molecule has 2 aromatic heterocycles. The summed E-state index contributed by atoms with van der Waals surface area (Å²) in [5.74, 6) is -4.71. The summed E-state index contributed by atoms with van der Waals surface area (Å²) in [5, 5.41) is 22.8. The molecule has 0 bridgehead atoms. The summed E-state index contributed by atoms with van der Waals surface area (Å²) < 4.78 is 11.3. The Hall–Kier alpha value is -4.56. The van der Waals surface area contributed by atoms with Gasteiger partial charge in [-0.15, -0.1) is 0 Å². The van der Waals surface area contributed by atoms with Crippen molar-refractivity contribution in [3.63, 3.8) is 0 Å². The molecule has 2 N–H and O–H groups in total. The third-order valence-corrected chi connectivity index (χ3v) is 13.6. The van der Waals surface area contributed by atoms with Crippen molar-refractivity contribution in [1.29, 1.82) is 0 Å². The zero-order valence-electron chi connectivity index (χ0n) is 35.6. The summed E-state index contributed by atoms with van der Waals surface area (Å²) in [7, 11) is 0. The molecule has 6 rings (SSSR count). The number of Topliss-reactive ketones (excluding diaryl/α,β-unsaturated/α-hetero) is 2. The van der Waals surface area contributed by atoms with Crippen LogP contribution in [0.4, 0.5) is 0 Å². The van der Waals surface area contributed by atoms with E-state index in [0.717, 1.165) is 49.7 Å². The molecule has 332 valence electrons. The Morgan fingerprint density at radius 1 is 0.590 bits per heavy atom. The fourth-order valence-electron chi connectivity index (χ4n) is 9.81. The Morgan fingerprint density at radius 3 is 1.72 bits per heavy atom. The number of nitrogens with zero attached hydrogens (tertiary/aromatic N) is 4. The van der Waals surface area contributed by atoms with Crippen LogP contribution in [0.15, 0.2) is 49.1 Å². The molecule has 14 nitrogen and oxygen atoms in total. The predicted molar refractivity (Wildman–Crippen MR) is 223 cm³/mol. The van der Waals surface area contributed by atoms with Crippen LogP contribution in [0.1, 0.15) is 133 Å². The van der Waals surface area contributed by atoms with Gasteiger partial charge in [0.05, 0.1) is 13.2 Å². The Kier molecular flexibility index (Phi) is 16.6. The quantitative estimate of drug-likeness (QED) is 0.116. The minimum absolute atomic E-state index is 0.0164. The second-order valence-electron chi connectivity index (χ2n) is 17.8. The van der Waals surface area contributed by atoms with E-state index in [0.29, 0.717) is 64.2 Å². The number of hydrogen-bond donors (Lipinski definition) is 2. The van der Waals surface area contributed by atoms with E-state index in [1.165, 1.54) is 9.80 Å². The Balaban J connectivity index is 1.02. The Labute approximate surface area is 359 Å². The fraction of sp³-hybridized carbons (Fsp3) is 0.660. The largest absolute Gasteiger partial charge is 0.464 e. The normalized spacial score (nSPS) is 25.3. The molecule has 2 amide bonds. The lowest BCUT2D eigenvalue weighted by Crippen LogP contribution is -2.58. The molecule has 2 saturated carbocycles. The summed E-state index contributed by atoms with van der Waals surface area (Å²) in [4.78, 5) is 92.5. The van der Waals surface area contributed by atoms with Crippen LogP contribution in [0.2, 0.25) is 0 Å². The van der Waals surface area contributed by atoms with Gasteiger partial charge in [-0.3, -0.25) is 29.1 Å². The number of aromatic nitrogens is 2. The zero-order valence-corrected chi connectivity index (χ0v) is 35.6. The van der Waals surface area contributed by atoms with Crippen molar-refractivity contribution in [3.05, 3.63) is 60.2 Å². The number of carbonyl (C=O) groups is 6. The molecular formula is C47H64N4O10. The molecule has 4 aliphatic rings. The van der Waals surface area contributed by atoms with Gasteiger partial charge in [-0.2, -0.15) is 0 Å². The molecule has 0 radical (unpaired) electrons. The maximum absolute atomic E-state index is 13.8. The molecule has 2 aromatic rings. The van der Waals surface area contributed by atoms with Crippen molar-refractivity contribution in [1.82, 2.24) is 19.8 Å². The number of aryl methyl sites for hydroxylation is 2. The average molecular weight is 845 g/mol. The van der Waals surface area contributed by atoms with Gasteiger partial charge in [-0.25, -0.2) is 9.59 Å². The molecule has 0 aromatic carbocycles. The molecule has 3 atom stereocenters. The van der Waals surface area contributed by atoms with E-state index in [-0.39, 0.29) is 70.2 Å². The van der Waals surface area contributed by atoms with Gasteiger partial charge in [0.25, 0.3) is 23.4 Å². The number of hydrogen-bond acceptors (Lipinski definition) is 12. The van der Waals surface area contributed by atoms with Crippen molar-refractivity contribution >= 4 is 35.3 Å². The van der Waals surface area contributed by atoms with E-state index in [2.05, 4.69) is 9.97 Å². The maximum Gasteiger partial charge on any atom is 0.328 e. The van der Waals surface area contributed by atoms with Gasteiger partial charge in [0, 0.05) is 37.9 Å². The Morgan fingerprint density at radius 2 is 1.13 bits per heavy atom. The number of aliphatic hydroxyl groups is 2. The molecule has 4 fully saturated rings. The van der Waals surface area contributed by atoms with E-state index in [1.807, 2.05) is 36.7 Å². The molecular weight excluding hydrogens is 781 g/mol. The van der Waals surface area contributed by atoms with E-state index in [4.69, 9.17) is 9.47 Å². The van der Waals surface area contributed by atoms with Gasteiger partial charge in [-0.1, -0.05) is 31.4 Å². The first-order chi connectivity index (χ1) is 29.5. The van der Waals surface area contributed by atoms with Crippen LogP contribution in [0.25, 0.3) is 0 Å². The molecule has 61 heavy (non-hydrogen) atoms.